The zero-order chi connectivity index (χ0) is 27.9. The van der Waals surface area contributed by atoms with Crippen molar-refractivity contribution >= 4 is 42.4 Å². The topological polar surface area (TPSA) is 120 Å². The highest BCUT2D eigenvalue weighted by Gasteiger charge is 2.25. The summed E-state index contributed by atoms with van der Waals surface area (Å²) in [5.41, 5.74) is 1.88. The molecule has 3 aromatic heterocycles. The zero-order valence-electron chi connectivity index (χ0n) is 22.6. The van der Waals surface area contributed by atoms with Crippen molar-refractivity contribution in [2.75, 3.05) is 36.2 Å². The summed E-state index contributed by atoms with van der Waals surface area (Å²) in [6, 6.07) is 12.1. The molecular weight excluding hydrogens is 548 g/mol. The average Bonchev–Trinajstić information content (AvgIpc) is 3.39. The van der Waals surface area contributed by atoms with Crippen LogP contribution in [0.15, 0.2) is 64.1 Å². The average molecular weight is 581 g/mol. The van der Waals surface area contributed by atoms with Crippen LogP contribution < -0.4 is 4.90 Å². The number of hydrogen-bond acceptors (Lipinski definition) is 9. The third-order valence-corrected chi connectivity index (χ3v) is 11.5. The van der Waals surface area contributed by atoms with Gasteiger partial charge in [0.15, 0.2) is 17.3 Å². The molecular formula is C28H32N6O4S2. The molecule has 0 N–H and O–H groups in total. The maximum atomic E-state index is 13.5. The van der Waals surface area contributed by atoms with Crippen LogP contribution in [0.3, 0.4) is 0 Å². The van der Waals surface area contributed by atoms with Crippen LogP contribution in [0.2, 0.25) is 0 Å². The molecule has 1 atom stereocenters. The summed E-state index contributed by atoms with van der Waals surface area (Å²) in [5, 5.41) is 0.596. The number of ether oxygens (including phenoxy) is 1. The van der Waals surface area contributed by atoms with E-state index in [1.165, 1.54) is 10.2 Å². The van der Waals surface area contributed by atoms with Gasteiger partial charge in [-0.3, -0.25) is 0 Å². The van der Waals surface area contributed by atoms with Gasteiger partial charge in [-0.25, -0.2) is 31.6 Å². The fourth-order valence-corrected chi connectivity index (χ4v) is 8.66. The lowest BCUT2D eigenvalue weighted by Crippen LogP contribution is -2.44. The minimum Gasteiger partial charge on any atom is -0.377 e. The van der Waals surface area contributed by atoms with Gasteiger partial charge in [-0.15, -0.1) is 0 Å². The van der Waals surface area contributed by atoms with Gasteiger partial charge >= 0.3 is 0 Å². The van der Waals surface area contributed by atoms with E-state index < -0.39 is 19.8 Å². The maximum absolute atomic E-state index is 13.5. The standard InChI is InChI=1S/C28H32N6O4S2/c1-20-6-8-22(9-7-20)40(36,37)34-13-11-24-23(10-12-29-28(24)34)27-30-25(32-39(35)16-4-3-5-17-39)18-26(31-27)33-14-15-38-19-21(33)2/h6-13,18,21H,3-5,14-17,19H2,1-2H3/t21-/m1/s1. The number of aromatic nitrogens is 4. The Bertz CT molecular complexity index is 1780. The number of pyridine rings is 1. The number of aryl methyl sites for hydroxylation is 1. The van der Waals surface area contributed by atoms with E-state index in [1.807, 2.05) is 6.92 Å². The largest absolute Gasteiger partial charge is 0.377 e. The van der Waals surface area contributed by atoms with Gasteiger partial charge in [0.25, 0.3) is 10.0 Å². The molecule has 0 aliphatic carbocycles. The molecule has 10 nitrogen and oxygen atoms in total. The van der Waals surface area contributed by atoms with Crippen molar-refractivity contribution in [1.29, 1.82) is 0 Å². The van der Waals surface area contributed by atoms with Gasteiger partial charge in [0.05, 0.1) is 33.9 Å². The Labute approximate surface area is 234 Å². The summed E-state index contributed by atoms with van der Waals surface area (Å²) in [5.74, 6) is 2.56. The normalized spacial score (nSPS) is 19.6. The summed E-state index contributed by atoms with van der Waals surface area (Å²) in [6.45, 7) is 5.78. The van der Waals surface area contributed by atoms with E-state index >= 15 is 0 Å². The number of fused-ring (bicyclic) bond motifs is 1. The third-order valence-electron chi connectivity index (χ3n) is 7.42. The van der Waals surface area contributed by atoms with E-state index in [2.05, 4.69) is 16.8 Å². The third kappa shape index (κ3) is 5.11. The molecule has 0 saturated carbocycles. The summed E-state index contributed by atoms with van der Waals surface area (Å²) in [6.07, 6.45) is 5.91. The molecule has 0 bridgehead atoms. The van der Waals surface area contributed by atoms with Crippen LogP contribution in [0.4, 0.5) is 11.6 Å². The van der Waals surface area contributed by atoms with Crippen molar-refractivity contribution in [3.63, 3.8) is 0 Å². The Morgan fingerprint density at radius 3 is 2.58 bits per heavy atom. The van der Waals surface area contributed by atoms with Gasteiger partial charge in [-0.1, -0.05) is 24.1 Å². The van der Waals surface area contributed by atoms with Crippen LogP contribution in [-0.2, 0) is 24.5 Å². The Morgan fingerprint density at radius 2 is 1.82 bits per heavy atom. The van der Waals surface area contributed by atoms with Crippen molar-refractivity contribution in [1.82, 2.24) is 18.9 Å². The van der Waals surface area contributed by atoms with Crippen LogP contribution in [0, 0.1) is 6.92 Å². The van der Waals surface area contributed by atoms with Crippen LogP contribution in [0.1, 0.15) is 31.7 Å². The van der Waals surface area contributed by atoms with Crippen molar-refractivity contribution in [3.05, 3.63) is 60.4 Å². The van der Waals surface area contributed by atoms with Crippen LogP contribution in [0.5, 0.6) is 0 Å². The van der Waals surface area contributed by atoms with Gasteiger partial charge in [0.2, 0.25) is 0 Å². The first-order chi connectivity index (χ1) is 19.2. The van der Waals surface area contributed by atoms with E-state index in [9.17, 15) is 12.6 Å². The molecule has 6 rings (SSSR count). The highest BCUT2D eigenvalue weighted by atomic mass is 32.2. The van der Waals surface area contributed by atoms with E-state index in [0.29, 0.717) is 59.7 Å². The molecule has 12 heteroatoms. The second kappa shape index (κ2) is 10.6. The van der Waals surface area contributed by atoms with Crippen LogP contribution in [-0.4, -0.2) is 68.9 Å². The van der Waals surface area contributed by atoms with Gasteiger partial charge in [-0.2, -0.15) is 4.36 Å². The van der Waals surface area contributed by atoms with Crippen LogP contribution >= 0.6 is 0 Å². The molecule has 5 heterocycles. The number of anilines is 1. The second-order valence-electron chi connectivity index (χ2n) is 10.4. The number of benzene rings is 1. The molecule has 0 radical (unpaired) electrons. The molecule has 2 fully saturated rings. The zero-order valence-corrected chi connectivity index (χ0v) is 24.2. The minimum atomic E-state index is -3.87. The van der Waals surface area contributed by atoms with E-state index in [-0.39, 0.29) is 16.6 Å². The van der Waals surface area contributed by atoms with Crippen molar-refractivity contribution in [3.8, 4) is 11.4 Å². The lowest BCUT2D eigenvalue weighted by Gasteiger charge is -2.34. The number of rotatable bonds is 5. The smallest absolute Gasteiger partial charge is 0.269 e. The SMILES string of the molecule is Cc1ccc(S(=O)(=O)n2ccc3c(-c4nc(N=S5(=O)CCCCC5)cc(N5CCOC[C@H]5C)n4)ccnc32)cc1. The van der Waals surface area contributed by atoms with Gasteiger partial charge in [-0.05, 0) is 51.0 Å². The predicted octanol–water partition coefficient (Wildman–Crippen LogP) is 4.55. The lowest BCUT2D eigenvalue weighted by atomic mass is 10.1. The van der Waals surface area contributed by atoms with Gasteiger partial charge in [0.1, 0.15) is 5.82 Å². The molecule has 0 spiro atoms. The van der Waals surface area contributed by atoms with E-state index in [0.717, 1.165) is 24.8 Å². The van der Waals surface area contributed by atoms with Crippen molar-refractivity contribution in [2.24, 2.45) is 4.36 Å². The molecule has 0 amide bonds. The Kier molecular flexibility index (Phi) is 7.09. The summed E-state index contributed by atoms with van der Waals surface area (Å²) in [4.78, 5) is 16.4. The summed E-state index contributed by atoms with van der Waals surface area (Å²) >= 11 is 0. The van der Waals surface area contributed by atoms with Crippen LogP contribution in [0.25, 0.3) is 22.4 Å². The molecule has 210 valence electrons. The number of hydrogen-bond donors (Lipinski definition) is 0. The minimum absolute atomic E-state index is 0.0887. The molecule has 2 aliphatic heterocycles. The first-order valence-corrected chi connectivity index (χ1v) is 16.8. The summed E-state index contributed by atoms with van der Waals surface area (Å²) < 4.78 is 52.0. The first kappa shape index (κ1) is 26.9. The molecule has 0 unspecified atom stereocenters. The predicted molar refractivity (Wildman–Crippen MR) is 156 cm³/mol. The molecule has 4 aromatic rings. The highest BCUT2D eigenvalue weighted by molar-refractivity contribution is 7.93. The molecule has 2 saturated heterocycles. The summed E-state index contributed by atoms with van der Waals surface area (Å²) in [7, 11) is -6.27. The monoisotopic (exact) mass is 580 g/mol. The molecule has 40 heavy (non-hydrogen) atoms. The fraction of sp³-hybridized carbons (Fsp3) is 0.393. The Balaban J connectivity index is 1.50. The number of nitrogens with zero attached hydrogens (tertiary/aromatic N) is 6. The molecule has 2 aliphatic rings. The number of morpholine rings is 1. The van der Waals surface area contributed by atoms with Crippen molar-refractivity contribution < 1.29 is 17.4 Å². The maximum Gasteiger partial charge on any atom is 0.269 e. The highest BCUT2D eigenvalue weighted by Crippen LogP contribution is 2.32. The van der Waals surface area contributed by atoms with Gasteiger partial charge < -0.3 is 9.64 Å². The van der Waals surface area contributed by atoms with Gasteiger partial charge in [0, 0.05) is 47.5 Å². The first-order valence-electron chi connectivity index (χ1n) is 13.5. The van der Waals surface area contributed by atoms with E-state index in [1.54, 1.807) is 48.7 Å². The van der Waals surface area contributed by atoms with E-state index in [4.69, 9.17) is 19.1 Å². The van der Waals surface area contributed by atoms with Crippen molar-refractivity contribution in [2.45, 2.75) is 44.0 Å². The molecule has 1 aromatic carbocycles. The quantitative estimate of drug-likeness (QED) is 0.337. The second-order valence-corrected chi connectivity index (χ2v) is 14.7. The Hall–Kier alpha value is -3.35. The lowest BCUT2D eigenvalue weighted by molar-refractivity contribution is 0.0985. The Morgan fingerprint density at radius 1 is 1.05 bits per heavy atom. The fourth-order valence-electron chi connectivity index (χ4n) is 5.23.